The Labute approximate surface area is 128 Å². The van der Waals surface area contributed by atoms with Crippen molar-refractivity contribution < 1.29 is 4.79 Å². The molecule has 1 aromatic carbocycles. The molecule has 1 fully saturated rings. The Hall–Kier alpha value is -1.37. The van der Waals surface area contributed by atoms with Gasteiger partial charge >= 0.3 is 0 Å². The first-order valence-corrected chi connectivity index (χ1v) is 8.62. The van der Waals surface area contributed by atoms with Gasteiger partial charge in [-0.3, -0.25) is 4.79 Å². The topological polar surface area (TPSA) is 17.1 Å². The van der Waals surface area contributed by atoms with Crippen molar-refractivity contribution in [2.24, 2.45) is 0 Å². The van der Waals surface area contributed by atoms with Crippen molar-refractivity contribution in [3.63, 3.8) is 0 Å². The minimum Gasteiger partial charge on any atom is -0.294 e. The molecule has 1 saturated carbocycles. The van der Waals surface area contributed by atoms with Crippen LogP contribution in [0.4, 0.5) is 0 Å². The molecule has 0 N–H and O–H groups in total. The molecule has 2 aliphatic carbocycles. The summed E-state index contributed by atoms with van der Waals surface area (Å²) in [5.74, 6) is 0.440. The van der Waals surface area contributed by atoms with Crippen LogP contribution in [0.25, 0.3) is 0 Å². The van der Waals surface area contributed by atoms with E-state index in [4.69, 9.17) is 0 Å². The summed E-state index contributed by atoms with van der Waals surface area (Å²) in [5, 5.41) is 0. The maximum absolute atomic E-state index is 13.4. The van der Waals surface area contributed by atoms with E-state index in [9.17, 15) is 4.79 Å². The number of hydrogen-bond donors (Lipinski definition) is 0. The van der Waals surface area contributed by atoms with Crippen LogP contribution in [0.15, 0.2) is 42.0 Å². The van der Waals surface area contributed by atoms with Crippen molar-refractivity contribution in [1.29, 1.82) is 0 Å². The van der Waals surface area contributed by atoms with E-state index in [2.05, 4.69) is 36.4 Å². The van der Waals surface area contributed by atoms with E-state index in [1.54, 1.807) is 0 Å². The van der Waals surface area contributed by atoms with Crippen molar-refractivity contribution in [2.45, 2.75) is 69.6 Å². The predicted molar refractivity (Wildman–Crippen MR) is 87.4 cm³/mol. The highest BCUT2D eigenvalue weighted by Crippen LogP contribution is 2.42. The fourth-order valence-corrected chi connectivity index (χ4v) is 4.09. The van der Waals surface area contributed by atoms with E-state index in [0.29, 0.717) is 5.78 Å². The van der Waals surface area contributed by atoms with Gasteiger partial charge in [0.25, 0.3) is 0 Å². The normalized spacial score (nSPS) is 22.2. The Morgan fingerprint density at radius 2 is 1.57 bits per heavy atom. The van der Waals surface area contributed by atoms with Gasteiger partial charge in [-0.05, 0) is 49.7 Å². The number of carbonyl (C=O) groups excluding carboxylic acids is 1. The number of hydrogen-bond acceptors (Lipinski definition) is 1. The summed E-state index contributed by atoms with van der Waals surface area (Å²) in [6, 6.07) is 10.6. The molecule has 0 unspecified atom stereocenters. The summed E-state index contributed by atoms with van der Waals surface area (Å²) in [6.07, 6.45) is 13.8. The Morgan fingerprint density at radius 3 is 2.33 bits per heavy atom. The molecule has 0 radical (unpaired) electrons. The van der Waals surface area contributed by atoms with Crippen LogP contribution >= 0.6 is 0 Å². The molecule has 112 valence electrons. The Kier molecular flexibility index (Phi) is 4.57. The summed E-state index contributed by atoms with van der Waals surface area (Å²) in [7, 11) is 0. The van der Waals surface area contributed by atoms with Crippen LogP contribution in [0.1, 0.15) is 69.8 Å². The molecular weight excluding hydrogens is 256 g/mol. The van der Waals surface area contributed by atoms with Gasteiger partial charge in [0.2, 0.25) is 0 Å². The van der Waals surface area contributed by atoms with Crippen molar-refractivity contribution in [3.8, 4) is 0 Å². The minimum absolute atomic E-state index is 0.227. The van der Waals surface area contributed by atoms with E-state index in [-0.39, 0.29) is 5.41 Å². The van der Waals surface area contributed by atoms with Crippen LogP contribution in [0.2, 0.25) is 0 Å². The van der Waals surface area contributed by atoms with E-state index in [1.807, 2.05) is 0 Å². The maximum atomic E-state index is 13.4. The Morgan fingerprint density at radius 1 is 0.857 bits per heavy atom. The second kappa shape index (κ2) is 6.60. The lowest BCUT2D eigenvalue weighted by molar-refractivity contribution is -0.122. The van der Waals surface area contributed by atoms with Crippen LogP contribution in [0.5, 0.6) is 0 Å². The molecule has 0 spiro atoms. The molecule has 0 atom stereocenters. The van der Waals surface area contributed by atoms with Crippen molar-refractivity contribution in [1.82, 2.24) is 0 Å². The van der Waals surface area contributed by atoms with Crippen LogP contribution in [0, 0.1) is 0 Å². The highest BCUT2D eigenvalue weighted by molar-refractivity contribution is 6.03. The molecule has 0 aromatic heterocycles. The molecule has 1 heteroatoms. The summed E-state index contributed by atoms with van der Waals surface area (Å²) >= 11 is 0. The molecule has 0 bridgehead atoms. The van der Waals surface area contributed by atoms with E-state index in [0.717, 1.165) is 31.3 Å². The van der Waals surface area contributed by atoms with Gasteiger partial charge in [0.15, 0.2) is 5.78 Å². The number of allylic oxidation sites excluding steroid dienone is 2. The molecule has 3 rings (SSSR count). The number of rotatable bonds is 3. The average molecular weight is 282 g/mol. The second-order valence-corrected chi connectivity index (χ2v) is 6.67. The fourth-order valence-electron chi connectivity index (χ4n) is 4.09. The lowest BCUT2D eigenvalue weighted by Gasteiger charge is -2.37. The van der Waals surface area contributed by atoms with Crippen molar-refractivity contribution >= 4 is 5.78 Å². The molecule has 0 amide bonds. The van der Waals surface area contributed by atoms with E-state index < -0.39 is 0 Å². The van der Waals surface area contributed by atoms with Gasteiger partial charge in [-0.1, -0.05) is 62.1 Å². The highest BCUT2D eigenvalue weighted by Gasteiger charge is 2.41. The Balaban J connectivity index is 1.95. The van der Waals surface area contributed by atoms with Gasteiger partial charge in [0.05, 0.1) is 5.41 Å². The number of carbonyl (C=O) groups is 1. The standard InChI is InChI=1S/C20H26O/c21-19(17-11-5-1-2-6-12-17)20(15-9-4-10-16-20)18-13-7-3-8-14-18/h3,7-8,11,13-14H,1-2,4-6,9-10,12,15-16H2. The number of ketones is 1. The molecule has 0 saturated heterocycles. The highest BCUT2D eigenvalue weighted by atomic mass is 16.1. The molecule has 0 aliphatic heterocycles. The zero-order chi connectivity index (χ0) is 14.5. The largest absolute Gasteiger partial charge is 0.294 e. The summed E-state index contributed by atoms with van der Waals surface area (Å²) in [5.41, 5.74) is 2.15. The van der Waals surface area contributed by atoms with Crippen molar-refractivity contribution in [2.75, 3.05) is 0 Å². The first-order valence-electron chi connectivity index (χ1n) is 8.62. The summed E-state index contributed by atoms with van der Waals surface area (Å²) in [4.78, 5) is 13.4. The zero-order valence-electron chi connectivity index (χ0n) is 12.9. The van der Waals surface area contributed by atoms with Crippen LogP contribution in [0.3, 0.4) is 0 Å². The number of benzene rings is 1. The van der Waals surface area contributed by atoms with E-state index in [1.165, 1.54) is 44.1 Å². The van der Waals surface area contributed by atoms with Gasteiger partial charge in [-0.25, -0.2) is 0 Å². The molecule has 2 aliphatic rings. The van der Waals surface area contributed by atoms with Gasteiger partial charge in [-0.15, -0.1) is 0 Å². The third-order valence-corrected chi connectivity index (χ3v) is 5.30. The lowest BCUT2D eigenvalue weighted by Crippen LogP contribution is -2.39. The second-order valence-electron chi connectivity index (χ2n) is 6.67. The SMILES string of the molecule is O=C(C1=CCCCCC1)C1(c2ccccc2)CCCCC1. The average Bonchev–Trinajstić information content (AvgIpc) is 2.85. The van der Waals surface area contributed by atoms with Crippen LogP contribution in [-0.2, 0) is 10.2 Å². The third-order valence-electron chi connectivity index (χ3n) is 5.30. The van der Waals surface area contributed by atoms with Gasteiger partial charge < -0.3 is 0 Å². The molecule has 0 heterocycles. The quantitative estimate of drug-likeness (QED) is 0.730. The monoisotopic (exact) mass is 282 g/mol. The van der Waals surface area contributed by atoms with Gasteiger partial charge in [0, 0.05) is 0 Å². The van der Waals surface area contributed by atoms with Crippen LogP contribution in [-0.4, -0.2) is 5.78 Å². The molecule has 21 heavy (non-hydrogen) atoms. The molecule has 1 aromatic rings. The first-order chi connectivity index (χ1) is 10.3. The van der Waals surface area contributed by atoms with E-state index >= 15 is 0 Å². The number of Topliss-reactive ketones (excluding diaryl/α,β-unsaturated/α-hetero) is 1. The fraction of sp³-hybridized carbons (Fsp3) is 0.550. The maximum Gasteiger partial charge on any atom is 0.169 e. The predicted octanol–water partition coefficient (Wildman–Crippen LogP) is 5.35. The molecule has 1 nitrogen and oxygen atoms in total. The summed E-state index contributed by atoms with van der Waals surface area (Å²) in [6.45, 7) is 0. The summed E-state index contributed by atoms with van der Waals surface area (Å²) < 4.78 is 0. The third kappa shape index (κ3) is 2.97. The van der Waals surface area contributed by atoms with Gasteiger partial charge in [-0.2, -0.15) is 0 Å². The lowest BCUT2D eigenvalue weighted by atomic mass is 9.65. The van der Waals surface area contributed by atoms with Gasteiger partial charge in [0.1, 0.15) is 0 Å². The first kappa shape index (κ1) is 14.6. The Bertz CT molecular complexity index is 506. The minimum atomic E-state index is -0.227. The smallest absolute Gasteiger partial charge is 0.169 e. The van der Waals surface area contributed by atoms with Crippen LogP contribution < -0.4 is 0 Å². The van der Waals surface area contributed by atoms with Crippen molar-refractivity contribution in [3.05, 3.63) is 47.5 Å². The zero-order valence-corrected chi connectivity index (χ0v) is 12.9. The molecular formula is C20H26O.